The molecule has 1 atom stereocenters. The minimum absolute atomic E-state index is 0.287. The Morgan fingerprint density at radius 1 is 1.38 bits per heavy atom. The van der Waals surface area contributed by atoms with Gasteiger partial charge in [0.2, 0.25) is 0 Å². The number of aliphatic hydroxyl groups excluding tert-OH is 1. The molecular weight excluding hydrogens is 289 g/mol. The Bertz CT molecular complexity index is 597. The van der Waals surface area contributed by atoms with Crippen molar-refractivity contribution in [1.82, 2.24) is 9.88 Å². The van der Waals surface area contributed by atoms with Gasteiger partial charge in [-0.15, -0.1) is 11.3 Å². The van der Waals surface area contributed by atoms with Crippen molar-refractivity contribution in [1.29, 1.82) is 0 Å². The molecule has 6 heteroatoms. The Kier molecular flexibility index (Phi) is 4.19. The van der Waals surface area contributed by atoms with Crippen molar-refractivity contribution >= 4 is 16.5 Å². The Hall–Kier alpha value is -1.50. The van der Waals surface area contributed by atoms with Crippen LogP contribution in [0.3, 0.4) is 0 Å². The van der Waals surface area contributed by atoms with Crippen LogP contribution in [0.5, 0.6) is 0 Å². The maximum atomic E-state index is 12.9. The zero-order valence-electron chi connectivity index (χ0n) is 11.6. The highest BCUT2D eigenvalue weighted by Gasteiger charge is 2.30. The molecule has 0 radical (unpaired) electrons. The molecule has 0 spiro atoms. The molecule has 3 N–H and O–H groups in total. The van der Waals surface area contributed by atoms with Gasteiger partial charge in [-0.2, -0.15) is 0 Å². The van der Waals surface area contributed by atoms with Gasteiger partial charge < -0.3 is 10.8 Å². The molecule has 1 heterocycles. The van der Waals surface area contributed by atoms with Crippen LogP contribution >= 0.6 is 11.3 Å². The fraction of sp³-hybridized carbons (Fsp3) is 0.400. The molecule has 4 nitrogen and oxygen atoms in total. The second-order valence-electron chi connectivity index (χ2n) is 5.39. The smallest absolute Gasteiger partial charge is 0.180 e. The summed E-state index contributed by atoms with van der Waals surface area (Å²) in [7, 11) is 0. The molecule has 112 valence electrons. The number of hydrogen-bond donors (Lipinski definition) is 2. The van der Waals surface area contributed by atoms with Crippen LogP contribution < -0.4 is 5.73 Å². The molecular formula is C15H18FN3OS. The first-order chi connectivity index (χ1) is 10.1. The summed E-state index contributed by atoms with van der Waals surface area (Å²) < 4.78 is 12.9. The lowest BCUT2D eigenvalue weighted by molar-refractivity contribution is 0.105. The minimum atomic E-state index is -0.614. The van der Waals surface area contributed by atoms with E-state index >= 15 is 0 Å². The van der Waals surface area contributed by atoms with E-state index in [2.05, 4.69) is 9.88 Å². The van der Waals surface area contributed by atoms with E-state index in [1.807, 2.05) is 0 Å². The standard InChI is InChI=1S/C15H18FN3OS/c16-11-3-1-10(2-4-11)14(20)9-19(12-5-6-12)8-13-7-18-15(17)21-13/h1-4,7,12,14,20H,5-6,8-9H2,(H2,17,18). The monoisotopic (exact) mass is 307 g/mol. The van der Waals surface area contributed by atoms with Crippen LogP contribution in [0.15, 0.2) is 30.5 Å². The number of benzene rings is 1. The third kappa shape index (κ3) is 3.78. The van der Waals surface area contributed by atoms with Gasteiger partial charge in [0.15, 0.2) is 5.13 Å². The Morgan fingerprint density at radius 2 is 2.10 bits per heavy atom. The zero-order chi connectivity index (χ0) is 14.8. The van der Waals surface area contributed by atoms with Crippen molar-refractivity contribution < 1.29 is 9.50 Å². The average molecular weight is 307 g/mol. The number of halogens is 1. The third-order valence-electron chi connectivity index (χ3n) is 3.66. The van der Waals surface area contributed by atoms with E-state index in [1.54, 1.807) is 18.3 Å². The first-order valence-corrected chi connectivity index (χ1v) is 7.81. The number of nitrogens with two attached hydrogens (primary N) is 1. The molecule has 0 aliphatic heterocycles. The summed E-state index contributed by atoms with van der Waals surface area (Å²) >= 11 is 1.48. The molecule has 1 fully saturated rings. The molecule has 0 amide bonds. The highest BCUT2D eigenvalue weighted by molar-refractivity contribution is 7.15. The van der Waals surface area contributed by atoms with Crippen molar-refractivity contribution in [2.75, 3.05) is 12.3 Å². The molecule has 1 aromatic heterocycles. The second kappa shape index (κ2) is 6.09. The van der Waals surface area contributed by atoms with Crippen LogP contribution in [0.4, 0.5) is 9.52 Å². The number of thiazole rings is 1. The number of nitrogens with zero attached hydrogens (tertiary/aromatic N) is 2. The summed E-state index contributed by atoms with van der Waals surface area (Å²) in [6, 6.07) is 6.54. The minimum Gasteiger partial charge on any atom is -0.387 e. The van der Waals surface area contributed by atoms with E-state index in [0.717, 1.165) is 29.8 Å². The number of rotatable bonds is 6. The normalized spacial score (nSPS) is 16.3. The lowest BCUT2D eigenvalue weighted by Gasteiger charge is -2.24. The largest absolute Gasteiger partial charge is 0.387 e. The quantitative estimate of drug-likeness (QED) is 0.861. The van der Waals surface area contributed by atoms with Gasteiger partial charge in [-0.3, -0.25) is 4.90 Å². The molecule has 21 heavy (non-hydrogen) atoms. The van der Waals surface area contributed by atoms with Gasteiger partial charge in [0.1, 0.15) is 5.82 Å². The van der Waals surface area contributed by atoms with Crippen molar-refractivity contribution in [3.63, 3.8) is 0 Å². The predicted molar refractivity (Wildman–Crippen MR) is 81.3 cm³/mol. The first kappa shape index (κ1) is 14.4. The van der Waals surface area contributed by atoms with Gasteiger partial charge in [-0.1, -0.05) is 12.1 Å². The number of aromatic nitrogens is 1. The van der Waals surface area contributed by atoms with E-state index in [4.69, 9.17) is 5.73 Å². The van der Waals surface area contributed by atoms with Crippen molar-refractivity contribution in [2.24, 2.45) is 0 Å². The fourth-order valence-corrected chi connectivity index (χ4v) is 3.10. The van der Waals surface area contributed by atoms with Gasteiger partial charge in [-0.25, -0.2) is 9.37 Å². The summed E-state index contributed by atoms with van der Waals surface area (Å²) in [5.41, 5.74) is 6.40. The van der Waals surface area contributed by atoms with Crippen LogP contribution in [0, 0.1) is 5.82 Å². The highest BCUT2D eigenvalue weighted by atomic mass is 32.1. The molecule has 1 unspecified atom stereocenters. The zero-order valence-corrected chi connectivity index (χ0v) is 12.4. The molecule has 0 saturated heterocycles. The number of aliphatic hydroxyl groups is 1. The van der Waals surface area contributed by atoms with Crippen LogP contribution in [0.1, 0.15) is 29.4 Å². The van der Waals surface area contributed by atoms with Gasteiger partial charge in [0, 0.05) is 30.2 Å². The van der Waals surface area contributed by atoms with Crippen LogP contribution in [-0.2, 0) is 6.54 Å². The topological polar surface area (TPSA) is 62.4 Å². The molecule has 0 bridgehead atoms. The van der Waals surface area contributed by atoms with Gasteiger partial charge in [-0.05, 0) is 30.5 Å². The molecule has 1 aromatic carbocycles. The Balaban J connectivity index is 1.66. The average Bonchev–Trinajstić information content (AvgIpc) is 3.23. The fourth-order valence-electron chi connectivity index (χ4n) is 2.39. The van der Waals surface area contributed by atoms with Crippen molar-refractivity contribution in [2.45, 2.75) is 31.5 Å². The highest BCUT2D eigenvalue weighted by Crippen LogP contribution is 2.31. The van der Waals surface area contributed by atoms with Gasteiger partial charge >= 0.3 is 0 Å². The predicted octanol–water partition coefficient (Wildman–Crippen LogP) is 2.56. The Morgan fingerprint density at radius 3 is 2.67 bits per heavy atom. The third-order valence-corrected chi connectivity index (χ3v) is 4.47. The van der Waals surface area contributed by atoms with Crippen molar-refractivity contribution in [3.8, 4) is 0 Å². The molecule has 1 aliphatic carbocycles. The van der Waals surface area contributed by atoms with Crippen LogP contribution in [0.25, 0.3) is 0 Å². The summed E-state index contributed by atoms with van der Waals surface area (Å²) in [5, 5.41) is 10.9. The van der Waals surface area contributed by atoms with Crippen molar-refractivity contribution in [3.05, 3.63) is 46.7 Å². The summed E-state index contributed by atoms with van der Waals surface area (Å²) in [6.45, 7) is 1.28. The van der Waals surface area contributed by atoms with Crippen LogP contribution in [0.2, 0.25) is 0 Å². The van der Waals surface area contributed by atoms with Crippen LogP contribution in [-0.4, -0.2) is 27.6 Å². The molecule has 2 aromatic rings. The lowest BCUT2D eigenvalue weighted by atomic mass is 10.1. The maximum absolute atomic E-state index is 12.9. The van der Waals surface area contributed by atoms with E-state index < -0.39 is 6.10 Å². The SMILES string of the molecule is Nc1ncc(CN(CC(O)c2ccc(F)cc2)C2CC2)s1. The number of hydrogen-bond acceptors (Lipinski definition) is 5. The van der Waals surface area contributed by atoms with E-state index in [9.17, 15) is 9.50 Å². The summed E-state index contributed by atoms with van der Waals surface area (Å²) in [5.74, 6) is -0.287. The number of anilines is 1. The van der Waals surface area contributed by atoms with Gasteiger partial charge in [0.25, 0.3) is 0 Å². The van der Waals surface area contributed by atoms with Gasteiger partial charge in [0.05, 0.1) is 6.10 Å². The number of nitrogen functional groups attached to an aromatic ring is 1. The second-order valence-corrected chi connectivity index (χ2v) is 6.54. The summed E-state index contributed by atoms with van der Waals surface area (Å²) in [6.07, 6.45) is 3.49. The maximum Gasteiger partial charge on any atom is 0.180 e. The molecule has 1 aliphatic rings. The summed E-state index contributed by atoms with van der Waals surface area (Å²) in [4.78, 5) is 7.42. The Labute approximate surface area is 127 Å². The first-order valence-electron chi connectivity index (χ1n) is 6.99. The van der Waals surface area contributed by atoms with E-state index in [-0.39, 0.29) is 5.82 Å². The molecule has 3 rings (SSSR count). The molecule has 1 saturated carbocycles. The van der Waals surface area contributed by atoms with E-state index in [1.165, 1.54) is 23.5 Å². The van der Waals surface area contributed by atoms with E-state index in [0.29, 0.717) is 17.7 Å². The lowest BCUT2D eigenvalue weighted by Crippen LogP contribution is -2.30.